The minimum Gasteiger partial charge on any atom is -0.339 e. The Balaban J connectivity index is 1.39. The Morgan fingerprint density at radius 3 is 2.12 bits per heavy atom. The number of rotatable bonds is 5. The minimum absolute atomic E-state index is 0.0946. The van der Waals surface area contributed by atoms with Crippen LogP contribution in [0.3, 0.4) is 0 Å². The van der Waals surface area contributed by atoms with E-state index >= 15 is 0 Å². The number of benzene rings is 2. The van der Waals surface area contributed by atoms with Crippen LogP contribution in [-0.2, 0) is 6.42 Å². The molecule has 0 saturated carbocycles. The van der Waals surface area contributed by atoms with E-state index in [1.807, 2.05) is 24.3 Å². The van der Waals surface area contributed by atoms with Crippen LogP contribution in [0.25, 0.3) is 0 Å². The molecule has 2 aromatic carbocycles. The van der Waals surface area contributed by atoms with Crippen LogP contribution in [0.15, 0.2) is 42.5 Å². The summed E-state index contributed by atoms with van der Waals surface area (Å²) in [4.78, 5) is 53.0. The van der Waals surface area contributed by atoms with E-state index in [4.69, 9.17) is 0 Å². The number of imide groups is 1. The number of piperidine rings is 1. The first-order chi connectivity index (χ1) is 15.3. The molecule has 6 heteroatoms. The molecule has 0 aromatic heterocycles. The van der Waals surface area contributed by atoms with Gasteiger partial charge in [-0.25, -0.2) is 0 Å². The summed E-state index contributed by atoms with van der Waals surface area (Å²) in [6, 6.07) is 12.5. The molecule has 2 aliphatic rings. The Bertz CT molecular complexity index is 1080. The molecule has 0 aliphatic carbocycles. The third kappa shape index (κ3) is 4.09. The van der Waals surface area contributed by atoms with Gasteiger partial charge in [0, 0.05) is 37.2 Å². The maximum atomic E-state index is 13.0. The van der Waals surface area contributed by atoms with Gasteiger partial charge in [0.2, 0.25) is 0 Å². The van der Waals surface area contributed by atoms with E-state index in [9.17, 15) is 19.2 Å². The van der Waals surface area contributed by atoms with E-state index in [1.165, 1.54) is 18.7 Å². The van der Waals surface area contributed by atoms with Crippen molar-refractivity contribution < 1.29 is 19.2 Å². The quantitative estimate of drug-likeness (QED) is 0.531. The number of fused-ring (bicyclic) bond motifs is 1. The smallest absolute Gasteiger partial charge is 0.261 e. The van der Waals surface area contributed by atoms with Gasteiger partial charge in [0.15, 0.2) is 5.78 Å². The summed E-state index contributed by atoms with van der Waals surface area (Å²) in [5.41, 5.74) is 2.96. The number of amides is 3. The lowest BCUT2D eigenvalue weighted by atomic mass is 9.88. The summed E-state index contributed by atoms with van der Waals surface area (Å²) in [5.74, 6) is -0.292. The zero-order valence-electron chi connectivity index (χ0n) is 18.8. The van der Waals surface area contributed by atoms with Crippen LogP contribution in [0.2, 0.25) is 0 Å². The summed E-state index contributed by atoms with van der Waals surface area (Å²) < 4.78 is 0. The highest BCUT2D eigenvalue weighted by Crippen LogP contribution is 2.26. The zero-order valence-corrected chi connectivity index (χ0v) is 18.8. The summed E-state index contributed by atoms with van der Waals surface area (Å²) in [6.07, 6.45) is 2.22. The third-order valence-electron chi connectivity index (χ3n) is 6.37. The molecule has 0 unspecified atom stereocenters. The van der Waals surface area contributed by atoms with E-state index in [0.29, 0.717) is 43.0 Å². The molecule has 0 atom stereocenters. The molecule has 2 aliphatic heterocycles. The van der Waals surface area contributed by atoms with Gasteiger partial charge in [0.1, 0.15) is 0 Å². The maximum Gasteiger partial charge on any atom is 0.261 e. The molecule has 0 radical (unpaired) electrons. The molecule has 1 saturated heterocycles. The normalized spacial score (nSPS) is 16.6. The van der Waals surface area contributed by atoms with Crippen molar-refractivity contribution >= 4 is 23.5 Å². The minimum atomic E-state index is -0.386. The van der Waals surface area contributed by atoms with Crippen molar-refractivity contribution in [2.45, 2.75) is 33.1 Å². The van der Waals surface area contributed by atoms with Crippen LogP contribution < -0.4 is 0 Å². The lowest BCUT2D eigenvalue weighted by molar-refractivity contribution is 0.0650. The van der Waals surface area contributed by atoms with Crippen molar-refractivity contribution in [3.05, 3.63) is 70.3 Å². The Labute approximate surface area is 188 Å². The second kappa shape index (κ2) is 8.69. The molecule has 32 heavy (non-hydrogen) atoms. The molecule has 6 nitrogen and oxygen atoms in total. The molecule has 4 rings (SSSR count). The van der Waals surface area contributed by atoms with E-state index in [2.05, 4.69) is 13.8 Å². The summed E-state index contributed by atoms with van der Waals surface area (Å²) in [7, 11) is 1.44. The van der Waals surface area contributed by atoms with Gasteiger partial charge in [0.05, 0.1) is 11.1 Å². The van der Waals surface area contributed by atoms with Crippen molar-refractivity contribution in [2.75, 3.05) is 20.1 Å². The van der Waals surface area contributed by atoms with Crippen molar-refractivity contribution in [3.8, 4) is 0 Å². The SMILES string of the molecule is CC(C)Cc1ccc(C(=O)C2CCN(C(=O)c3ccc4c(c3)C(=O)N(C)C4=O)CC2)cc1. The van der Waals surface area contributed by atoms with Crippen molar-refractivity contribution in [1.82, 2.24) is 9.80 Å². The number of Topliss-reactive ketones (excluding diaryl/α,β-unsaturated/α-hetero) is 1. The summed E-state index contributed by atoms with van der Waals surface area (Å²) in [6.45, 7) is 5.33. The predicted molar refractivity (Wildman–Crippen MR) is 121 cm³/mol. The number of likely N-dealkylation sites (tertiary alicyclic amines) is 1. The van der Waals surface area contributed by atoms with Crippen molar-refractivity contribution in [1.29, 1.82) is 0 Å². The fourth-order valence-electron chi connectivity index (χ4n) is 4.53. The number of carbonyl (C=O) groups excluding carboxylic acids is 4. The zero-order chi connectivity index (χ0) is 23.0. The van der Waals surface area contributed by atoms with Crippen LogP contribution in [0.1, 0.15) is 73.7 Å². The fraction of sp³-hybridized carbons (Fsp3) is 0.385. The molecule has 0 bridgehead atoms. The average Bonchev–Trinajstić information content (AvgIpc) is 3.02. The van der Waals surface area contributed by atoms with E-state index in [1.54, 1.807) is 17.0 Å². The van der Waals surface area contributed by atoms with Crippen LogP contribution >= 0.6 is 0 Å². The molecule has 0 N–H and O–H groups in total. The van der Waals surface area contributed by atoms with Gasteiger partial charge in [-0.2, -0.15) is 0 Å². The Hall–Kier alpha value is -3.28. The average molecular weight is 433 g/mol. The third-order valence-corrected chi connectivity index (χ3v) is 6.37. The largest absolute Gasteiger partial charge is 0.339 e. The molecular formula is C26H28N2O4. The molecule has 3 amide bonds. The second-order valence-corrected chi connectivity index (χ2v) is 9.16. The van der Waals surface area contributed by atoms with Gasteiger partial charge in [-0.15, -0.1) is 0 Å². The highest BCUT2D eigenvalue weighted by atomic mass is 16.2. The van der Waals surface area contributed by atoms with Crippen LogP contribution in [-0.4, -0.2) is 53.4 Å². The number of nitrogens with zero attached hydrogens (tertiary/aromatic N) is 2. The first-order valence-electron chi connectivity index (χ1n) is 11.1. The van der Waals surface area contributed by atoms with Gasteiger partial charge in [-0.05, 0) is 48.9 Å². The maximum absolute atomic E-state index is 13.0. The Morgan fingerprint density at radius 2 is 1.50 bits per heavy atom. The monoisotopic (exact) mass is 432 g/mol. The van der Waals surface area contributed by atoms with Crippen LogP contribution in [0, 0.1) is 11.8 Å². The summed E-state index contributed by atoms with van der Waals surface area (Å²) >= 11 is 0. The second-order valence-electron chi connectivity index (χ2n) is 9.16. The molecule has 166 valence electrons. The van der Waals surface area contributed by atoms with E-state index in [-0.39, 0.29) is 35.0 Å². The predicted octanol–water partition coefficient (Wildman–Crippen LogP) is 3.85. The van der Waals surface area contributed by atoms with Gasteiger partial charge in [-0.1, -0.05) is 38.1 Å². The number of ketones is 1. The fourth-order valence-corrected chi connectivity index (χ4v) is 4.53. The molecule has 1 fully saturated rings. The number of carbonyl (C=O) groups is 4. The van der Waals surface area contributed by atoms with Gasteiger partial charge >= 0.3 is 0 Å². The van der Waals surface area contributed by atoms with Crippen molar-refractivity contribution in [3.63, 3.8) is 0 Å². The summed E-state index contributed by atoms with van der Waals surface area (Å²) in [5, 5.41) is 0. The molecule has 2 aromatic rings. The lowest BCUT2D eigenvalue weighted by Gasteiger charge is -2.31. The van der Waals surface area contributed by atoms with Gasteiger partial charge < -0.3 is 4.90 Å². The number of hydrogen-bond acceptors (Lipinski definition) is 4. The van der Waals surface area contributed by atoms with Gasteiger partial charge in [-0.3, -0.25) is 24.1 Å². The Morgan fingerprint density at radius 1 is 0.906 bits per heavy atom. The van der Waals surface area contributed by atoms with Crippen LogP contribution in [0.4, 0.5) is 0 Å². The number of hydrogen-bond donors (Lipinski definition) is 0. The first kappa shape index (κ1) is 21.9. The first-order valence-corrected chi connectivity index (χ1v) is 11.1. The molecule has 0 spiro atoms. The Kier molecular flexibility index (Phi) is 5.96. The standard InChI is InChI=1S/C26H28N2O4/c1-16(2)14-17-4-6-18(7-5-17)23(29)19-10-12-28(13-11-19)24(30)20-8-9-21-22(15-20)26(32)27(3)25(21)31/h4-9,15-16,19H,10-14H2,1-3H3. The topological polar surface area (TPSA) is 74.8 Å². The highest BCUT2D eigenvalue weighted by Gasteiger charge is 2.34. The van der Waals surface area contributed by atoms with Gasteiger partial charge in [0.25, 0.3) is 17.7 Å². The van der Waals surface area contributed by atoms with E-state index in [0.717, 1.165) is 16.9 Å². The molecular weight excluding hydrogens is 404 g/mol. The molecule has 2 heterocycles. The van der Waals surface area contributed by atoms with E-state index < -0.39 is 0 Å². The van der Waals surface area contributed by atoms with Crippen LogP contribution in [0.5, 0.6) is 0 Å². The lowest BCUT2D eigenvalue weighted by Crippen LogP contribution is -2.40. The highest BCUT2D eigenvalue weighted by molar-refractivity contribution is 6.21. The van der Waals surface area contributed by atoms with Crippen molar-refractivity contribution in [2.24, 2.45) is 11.8 Å².